The molecule has 6 aromatic carbocycles. The van der Waals surface area contributed by atoms with Gasteiger partial charge >= 0.3 is 33.8 Å². The Morgan fingerprint density at radius 2 is 0.543 bits per heavy atom. The lowest BCUT2D eigenvalue weighted by Crippen LogP contribution is -2.12. The highest BCUT2D eigenvalue weighted by molar-refractivity contribution is 6.01. The summed E-state index contributed by atoms with van der Waals surface area (Å²) in [5.41, 5.74) is 31.5. The van der Waals surface area contributed by atoms with Gasteiger partial charge in [0.2, 0.25) is 0 Å². The van der Waals surface area contributed by atoms with Gasteiger partial charge in [0.15, 0.2) is 25.1 Å². The van der Waals surface area contributed by atoms with Gasteiger partial charge in [-0.1, -0.05) is 95.3 Å². The quantitative estimate of drug-likeness (QED) is 0.0849. The molecule has 0 radical (unpaired) electrons. The molecule has 2 saturated carbocycles. The van der Waals surface area contributed by atoms with Crippen LogP contribution in [0.5, 0.6) is 0 Å². The zero-order valence-corrected chi connectivity index (χ0v) is 82.7. The number of aryl methyl sites for hydroxylation is 18. The molecule has 12 aromatic rings. The molecule has 8 aliphatic carbocycles. The highest BCUT2D eigenvalue weighted by Crippen LogP contribution is 2.61. The number of hydrogen-bond donors (Lipinski definition) is 0. The van der Waals surface area contributed by atoms with Crippen LogP contribution in [0.2, 0.25) is 0 Å². The van der Waals surface area contributed by atoms with E-state index in [-0.39, 0.29) is 68.7 Å². The van der Waals surface area contributed by atoms with E-state index in [0.717, 1.165) is 257 Å². The normalized spacial score (nSPS) is 17.6. The molecular formula is C120H112O18. The van der Waals surface area contributed by atoms with Crippen LogP contribution in [0.4, 0.5) is 0 Å². The Morgan fingerprint density at radius 1 is 0.283 bits per heavy atom. The van der Waals surface area contributed by atoms with E-state index in [1.807, 2.05) is 104 Å². The molecule has 6 aromatic heterocycles. The first kappa shape index (κ1) is 98.0. The molecule has 18 heteroatoms. The number of aldehydes is 4. The van der Waals surface area contributed by atoms with Crippen molar-refractivity contribution in [2.75, 3.05) is 0 Å². The topological polar surface area (TPSA) is 284 Å². The highest BCUT2D eigenvalue weighted by Gasteiger charge is 2.56. The first-order valence-electron chi connectivity index (χ1n) is 47.5. The Labute approximate surface area is 801 Å². The van der Waals surface area contributed by atoms with Gasteiger partial charge in [0.25, 0.3) is 0 Å². The first-order chi connectivity index (χ1) is 65.9. The predicted molar refractivity (Wildman–Crippen MR) is 543 cm³/mol. The summed E-state index contributed by atoms with van der Waals surface area (Å²) in [7, 11) is 0. The molecule has 6 heterocycles. The third-order valence-electron chi connectivity index (χ3n) is 30.1. The number of allylic oxidation sites excluding steroid dienone is 2. The van der Waals surface area contributed by atoms with Gasteiger partial charge < -0.3 is 26.5 Å². The second-order valence-electron chi connectivity index (χ2n) is 37.9. The van der Waals surface area contributed by atoms with Crippen molar-refractivity contribution in [1.82, 2.24) is 0 Å². The second-order valence-corrected chi connectivity index (χ2v) is 37.9. The first-order valence-corrected chi connectivity index (χ1v) is 47.5. The van der Waals surface area contributed by atoms with Crippen molar-refractivity contribution >= 4 is 115 Å². The molecule has 0 aliphatic heterocycles. The number of fused-ring (bicyclic) bond motifs is 16. The minimum absolute atomic E-state index is 0.0348. The monoisotopic (exact) mass is 1840 g/mol. The fourth-order valence-electron chi connectivity index (χ4n) is 22.2. The molecular weight excluding hydrogens is 1730 g/mol. The van der Waals surface area contributed by atoms with E-state index < -0.39 is 22.5 Å². The van der Waals surface area contributed by atoms with Crippen molar-refractivity contribution in [2.45, 2.75) is 267 Å². The summed E-state index contributed by atoms with van der Waals surface area (Å²) >= 11 is 0. The molecule has 6 atom stereocenters. The molecule has 700 valence electrons. The number of carbonyl (C=O) groups excluding carboxylic acids is 6. The van der Waals surface area contributed by atoms with Crippen LogP contribution >= 0.6 is 0 Å². The number of ketones is 2. The Morgan fingerprint density at radius 3 is 0.870 bits per heavy atom. The third kappa shape index (κ3) is 17.3. The number of carbonyl (C=O) groups is 6. The summed E-state index contributed by atoms with van der Waals surface area (Å²) in [6.45, 7) is 42.0. The van der Waals surface area contributed by atoms with Crippen LogP contribution in [0.15, 0.2) is 67.4 Å². The fourth-order valence-corrected chi connectivity index (χ4v) is 22.2. The molecule has 138 heavy (non-hydrogen) atoms. The number of Topliss-reactive ketones (excluding diaryl/α,β-unsaturated/α-hetero) is 2. The van der Waals surface area contributed by atoms with Crippen LogP contribution in [0.1, 0.15) is 335 Å². The summed E-state index contributed by atoms with van der Waals surface area (Å²) < 4.78 is 33.1. The maximum Gasteiger partial charge on any atom is 0.347 e. The average Bonchev–Trinajstić information content (AvgIpc) is 1.55. The summed E-state index contributed by atoms with van der Waals surface area (Å²) in [5.74, 6) is 40.3. The van der Waals surface area contributed by atoms with E-state index in [1.165, 1.54) is 23.1 Å². The lowest BCUT2D eigenvalue weighted by atomic mass is 9.86. The maximum atomic E-state index is 12.2. The summed E-state index contributed by atoms with van der Waals surface area (Å²) in [4.78, 5) is 142. The number of rotatable bonds is 6. The smallest absolute Gasteiger partial charge is 0.347 e. The number of hydrogen-bond acceptors (Lipinski definition) is 18. The zero-order valence-electron chi connectivity index (χ0n) is 82.7. The van der Waals surface area contributed by atoms with E-state index >= 15 is 0 Å². The van der Waals surface area contributed by atoms with E-state index in [1.54, 1.807) is 34.6 Å². The standard InChI is InChI=1S/2C22H20O4.C19H18O3.C19H16O3.C19H20O2.C19H18O2/c2*1-10-16(9-23)22(25)26-21-11(2)14-7-5-6-8-15-19(13(4)24)20(15)18(14)12(3)17(10)21;2*1-11-14-8-6-4-5-7-9-15(14)13(3)18-17(11)12(2)16(10-20)19(21)22-18;2*1-11-12(2)19(20)21-18-14(4)16-10-8-6-5-7-9-15(16)13(3)17(11)18/h2*9,15,19-20H,6,8H2,1-4H3;10H,4-6,8H2,1-3H3;6,8,10H,4-5H2,1-3H3;5-7,9H2,1-4H3;7,9H,5-6H2,1-4H3/b;;;8-6-;;9-7-. The van der Waals surface area contributed by atoms with Crippen LogP contribution in [-0.4, -0.2) is 36.7 Å². The van der Waals surface area contributed by atoms with Crippen molar-refractivity contribution in [1.29, 1.82) is 0 Å². The second kappa shape index (κ2) is 39.6. The molecule has 0 spiro atoms. The van der Waals surface area contributed by atoms with Gasteiger partial charge in [-0.15, -0.1) is 0 Å². The van der Waals surface area contributed by atoms with E-state index in [4.69, 9.17) is 26.5 Å². The lowest BCUT2D eigenvalue weighted by Gasteiger charge is -2.18. The van der Waals surface area contributed by atoms with E-state index in [0.29, 0.717) is 104 Å². The Bertz CT molecular complexity index is 8150. The number of benzene rings is 6. The van der Waals surface area contributed by atoms with Crippen molar-refractivity contribution < 1.29 is 55.3 Å². The molecule has 8 aliphatic rings. The highest BCUT2D eigenvalue weighted by atomic mass is 16.4. The van der Waals surface area contributed by atoms with Gasteiger partial charge in [0.05, 0.1) is 0 Å². The van der Waals surface area contributed by atoms with Crippen LogP contribution in [0, 0.1) is 233 Å². The molecule has 20 rings (SSSR count). The van der Waals surface area contributed by atoms with Crippen LogP contribution < -0.4 is 33.8 Å². The fraction of sp³-hybridized carbons (Fsp3) is 0.367. The van der Waals surface area contributed by atoms with Gasteiger partial charge in [0.1, 0.15) is 67.3 Å². The SMILES string of the molecule is CC(=O)C1C2CCC#Cc3c(c(C)c4c(C)c(C=O)c(=O)oc4c3C)C21.CC(=O)C1C2CCC#Cc3c(c(C)c4c(C)c(C=O)c(=O)oc4c3C)C21.Cc1c(C)c2c(C)c3c(c(C)c2oc1=O)C#CCC/C=C\3.Cc1c(C)c2c(C)c3c(c(C)c2oc1=O)C#CCCCC3.Cc1c2c(c(C)c3c(C)c(C=O)c(=O)oc13)/C=C\CCC#C2.Cc1c2c(c(C)c3c(C)c(C=O)c(=O)oc13)CCCCC#C2. The minimum Gasteiger partial charge on any atom is -0.422 e. The van der Waals surface area contributed by atoms with Crippen molar-refractivity contribution in [3.05, 3.63) is 275 Å². The van der Waals surface area contributed by atoms with Gasteiger partial charge in [-0.05, 0) is 340 Å². The average molecular weight is 1840 g/mol. The van der Waals surface area contributed by atoms with Crippen LogP contribution in [0.3, 0.4) is 0 Å². The molecule has 0 amide bonds. The molecule has 0 N–H and O–H groups in total. The molecule has 18 nitrogen and oxygen atoms in total. The predicted octanol–water partition coefficient (Wildman–Crippen LogP) is 22.8. The zero-order chi connectivity index (χ0) is 99.5. The van der Waals surface area contributed by atoms with E-state index in [2.05, 4.69) is 109 Å². The van der Waals surface area contributed by atoms with Gasteiger partial charge in [-0.2, -0.15) is 0 Å². The van der Waals surface area contributed by atoms with Crippen molar-refractivity contribution in [2.24, 2.45) is 23.7 Å². The molecule has 6 unspecified atom stereocenters. The van der Waals surface area contributed by atoms with E-state index in [9.17, 15) is 57.5 Å². The van der Waals surface area contributed by atoms with Gasteiger partial charge in [-0.3, -0.25) is 28.8 Å². The maximum absolute atomic E-state index is 12.2. The summed E-state index contributed by atoms with van der Waals surface area (Å²) in [6, 6.07) is 0. The van der Waals surface area contributed by atoms with Gasteiger partial charge in [0, 0.05) is 161 Å². The minimum atomic E-state index is -0.614. The third-order valence-corrected chi connectivity index (χ3v) is 30.1. The Hall–Kier alpha value is -14.6. The summed E-state index contributed by atoms with van der Waals surface area (Å²) in [6.07, 6.45) is 26.2. The molecule has 0 bridgehead atoms. The lowest BCUT2D eigenvalue weighted by molar-refractivity contribution is -0.119. The summed E-state index contributed by atoms with van der Waals surface area (Å²) in [5, 5.41) is 5.49. The Kier molecular flexibility index (Phi) is 28.1. The Balaban J connectivity index is 0.000000126. The van der Waals surface area contributed by atoms with Crippen molar-refractivity contribution in [3.63, 3.8) is 0 Å². The molecule has 0 saturated heterocycles. The molecule has 2 fully saturated rings. The largest absolute Gasteiger partial charge is 0.422 e. The van der Waals surface area contributed by atoms with Crippen LogP contribution in [-0.2, 0) is 22.4 Å². The van der Waals surface area contributed by atoms with Crippen molar-refractivity contribution in [3.8, 4) is 71.0 Å². The van der Waals surface area contributed by atoms with Crippen LogP contribution in [0.25, 0.3) is 78.0 Å². The van der Waals surface area contributed by atoms with Gasteiger partial charge in [-0.25, -0.2) is 28.8 Å².